The van der Waals surface area contributed by atoms with Crippen LogP contribution in [0.3, 0.4) is 0 Å². The molecule has 4 aromatic rings. The number of allylic oxidation sites excluding steroid dienone is 1. The molecule has 4 rings (SSSR count). The van der Waals surface area contributed by atoms with E-state index in [-0.39, 0.29) is 17.0 Å². The van der Waals surface area contributed by atoms with Crippen LogP contribution in [0.15, 0.2) is 76.1 Å². The zero-order valence-corrected chi connectivity index (χ0v) is 21.2. The molecule has 0 radical (unpaired) electrons. The predicted molar refractivity (Wildman–Crippen MR) is 149 cm³/mol. The lowest BCUT2D eigenvalue weighted by molar-refractivity contribution is 0.0698. The zero-order chi connectivity index (χ0) is 26.7. The molecule has 3 aromatic carbocycles. The van der Waals surface area contributed by atoms with Crippen molar-refractivity contribution in [2.24, 2.45) is 0 Å². The lowest BCUT2D eigenvalue weighted by Gasteiger charge is -2.20. The molecule has 0 aliphatic carbocycles. The second-order valence-electron chi connectivity index (χ2n) is 8.94. The third kappa shape index (κ3) is 5.02. The number of aromatic carboxylic acids is 1. The Hall–Kier alpha value is -4.65. The van der Waals surface area contributed by atoms with Crippen LogP contribution >= 0.6 is 0 Å². The number of para-hydroxylation sites is 1. The minimum Gasteiger partial charge on any atom is -0.478 e. The maximum atomic E-state index is 13.5. The van der Waals surface area contributed by atoms with E-state index in [4.69, 9.17) is 9.83 Å². The van der Waals surface area contributed by atoms with Gasteiger partial charge in [0.25, 0.3) is 0 Å². The Balaban J connectivity index is 1.84. The summed E-state index contributed by atoms with van der Waals surface area (Å²) in [7, 11) is 1.78. The van der Waals surface area contributed by atoms with Gasteiger partial charge in [0.05, 0.1) is 17.0 Å². The largest absolute Gasteiger partial charge is 0.478 e. The summed E-state index contributed by atoms with van der Waals surface area (Å²) < 4.78 is 6.43. The first-order valence-corrected chi connectivity index (χ1v) is 11.9. The van der Waals surface area contributed by atoms with Gasteiger partial charge >= 0.3 is 5.97 Å². The molecule has 188 valence electrons. The van der Waals surface area contributed by atoms with Gasteiger partial charge in [-0.05, 0) is 50.1 Å². The van der Waals surface area contributed by atoms with Crippen molar-refractivity contribution in [1.82, 2.24) is 5.32 Å². The Bertz CT molecular complexity index is 1580. The quantitative estimate of drug-likeness (QED) is 0.218. The maximum absolute atomic E-state index is 13.5. The van der Waals surface area contributed by atoms with Gasteiger partial charge < -0.3 is 25.6 Å². The molecule has 0 aliphatic heterocycles. The number of carboxylic acids is 1. The number of hydrogen-bond donors (Lipinski definition) is 4. The molecular weight excluding hydrogens is 466 g/mol. The minimum atomic E-state index is -1.02. The van der Waals surface area contributed by atoms with E-state index in [9.17, 15) is 14.7 Å². The molecule has 37 heavy (non-hydrogen) atoms. The van der Waals surface area contributed by atoms with Crippen LogP contribution in [-0.4, -0.2) is 24.3 Å². The molecule has 7 nitrogen and oxygen atoms in total. The summed E-state index contributed by atoms with van der Waals surface area (Å²) in [6, 6.07) is 17.7. The number of fused-ring (bicyclic) bond motifs is 1. The van der Waals surface area contributed by atoms with Gasteiger partial charge in [-0.2, -0.15) is 0 Å². The van der Waals surface area contributed by atoms with Gasteiger partial charge in [0.1, 0.15) is 11.3 Å². The second-order valence-corrected chi connectivity index (χ2v) is 8.94. The van der Waals surface area contributed by atoms with Crippen LogP contribution in [0.25, 0.3) is 27.9 Å². The van der Waals surface area contributed by atoms with Crippen molar-refractivity contribution in [1.29, 1.82) is 5.41 Å². The highest BCUT2D eigenvalue weighted by Gasteiger charge is 2.20. The van der Waals surface area contributed by atoms with E-state index in [0.717, 1.165) is 27.8 Å². The highest BCUT2D eigenvalue weighted by atomic mass is 16.4. The van der Waals surface area contributed by atoms with Gasteiger partial charge in [0, 0.05) is 47.4 Å². The van der Waals surface area contributed by atoms with E-state index in [1.54, 1.807) is 44.4 Å². The normalized spacial score (nSPS) is 12.3. The lowest BCUT2D eigenvalue weighted by Crippen LogP contribution is -2.14. The Kier molecular flexibility index (Phi) is 7.25. The zero-order valence-electron chi connectivity index (χ0n) is 21.2. The van der Waals surface area contributed by atoms with Crippen molar-refractivity contribution in [3.05, 3.63) is 105 Å². The Labute approximate surface area is 215 Å². The highest BCUT2D eigenvalue weighted by Crippen LogP contribution is 2.33. The van der Waals surface area contributed by atoms with Crippen LogP contribution in [0.2, 0.25) is 0 Å². The molecule has 0 aliphatic rings. The minimum absolute atomic E-state index is 0.112. The van der Waals surface area contributed by atoms with Crippen molar-refractivity contribution < 1.29 is 14.3 Å². The fourth-order valence-electron chi connectivity index (χ4n) is 4.45. The van der Waals surface area contributed by atoms with E-state index in [2.05, 4.69) is 10.6 Å². The molecule has 0 amide bonds. The van der Waals surface area contributed by atoms with Crippen molar-refractivity contribution in [2.45, 2.75) is 26.8 Å². The van der Waals surface area contributed by atoms with E-state index in [1.165, 1.54) is 6.21 Å². The molecule has 1 aromatic heterocycles. The second kappa shape index (κ2) is 10.5. The van der Waals surface area contributed by atoms with Crippen molar-refractivity contribution in [3.63, 3.8) is 0 Å². The molecule has 0 saturated carbocycles. The van der Waals surface area contributed by atoms with E-state index in [1.807, 2.05) is 50.2 Å². The number of carbonyl (C=O) groups is 1. The maximum Gasteiger partial charge on any atom is 0.337 e. The van der Waals surface area contributed by atoms with Crippen molar-refractivity contribution in [2.75, 3.05) is 12.4 Å². The number of nitrogens with one attached hydrogen (secondary N) is 3. The molecule has 1 heterocycles. The molecule has 0 saturated heterocycles. The Morgan fingerprint density at radius 3 is 2.43 bits per heavy atom. The third-order valence-corrected chi connectivity index (χ3v) is 6.32. The van der Waals surface area contributed by atoms with Gasteiger partial charge in [0.2, 0.25) is 0 Å². The van der Waals surface area contributed by atoms with Gasteiger partial charge in [-0.1, -0.05) is 42.5 Å². The standard InChI is InChI=1S/C30H29N3O4/c1-17-13-24(19(3)33-26-8-6-5-7-23(26)30(35)36)29-25(14-17)27(34)18(2)28(37-29)21-11-9-20(10-12-21)22(15-31)16-32-4/h5-16,19,31-33H,1-4H3,(H,35,36)/b22-16+,31-15?/t19-/m1/s1. The first-order chi connectivity index (χ1) is 17.7. The number of aryl methyl sites for hydroxylation is 1. The van der Waals surface area contributed by atoms with E-state index in [0.29, 0.717) is 28.0 Å². The van der Waals surface area contributed by atoms with Crippen LogP contribution in [0, 0.1) is 19.3 Å². The number of hydrogen-bond acceptors (Lipinski definition) is 6. The summed E-state index contributed by atoms with van der Waals surface area (Å²) in [6.45, 7) is 5.58. The van der Waals surface area contributed by atoms with Crippen LogP contribution in [0.1, 0.15) is 45.6 Å². The molecular formula is C30H29N3O4. The third-order valence-electron chi connectivity index (χ3n) is 6.32. The first kappa shape index (κ1) is 25.4. The Morgan fingerprint density at radius 1 is 1.08 bits per heavy atom. The summed E-state index contributed by atoms with van der Waals surface area (Å²) in [5, 5.41) is 23.9. The number of anilines is 1. The summed E-state index contributed by atoms with van der Waals surface area (Å²) in [5.41, 5.74) is 5.51. The predicted octanol–water partition coefficient (Wildman–Crippen LogP) is 6.16. The summed E-state index contributed by atoms with van der Waals surface area (Å²) >= 11 is 0. The number of carboxylic acid groups (broad SMARTS) is 1. The van der Waals surface area contributed by atoms with E-state index >= 15 is 0 Å². The molecule has 0 spiro atoms. The fraction of sp³-hybridized carbons (Fsp3) is 0.167. The van der Waals surface area contributed by atoms with Crippen LogP contribution in [-0.2, 0) is 0 Å². The van der Waals surface area contributed by atoms with E-state index < -0.39 is 5.97 Å². The smallest absolute Gasteiger partial charge is 0.337 e. The van der Waals surface area contributed by atoms with Crippen LogP contribution < -0.4 is 16.1 Å². The molecule has 0 bridgehead atoms. The topological polar surface area (TPSA) is 115 Å². The van der Waals surface area contributed by atoms with Crippen molar-refractivity contribution >= 4 is 34.4 Å². The van der Waals surface area contributed by atoms with Crippen LogP contribution in [0.5, 0.6) is 0 Å². The molecule has 1 atom stereocenters. The summed E-state index contributed by atoms with van der Waals surface area (Å²) in [5.74, 6) is -0.547. The molecule has 0 fully saturated rings. The fourth-order valence-corrected chi connectivity index (χ4v) is 4.45. The van der Waals surface area contributed by atoms with Crippen LogP contribution in [0.4, 0.5) is 5.69 Å². The summed E-state index contributed by atoms with van der Waals surface area (Å²) in [4.78, 5) is 25.1. The van der Waals surface area contributed by atoms with Gasteiger partial charge in [0.15, 0.2) is 5.43 Å². The molecule has 4 N–H and O–H groups in total. The molecule has 0 unspecified atom stereocenters. The van der Waals surface area contributed by atoms with Gasteiger partial charge in [-0.25, -0.2) is 4.79 Å². The van der Waals surface area contributed by atoms with Crippen molar-refractivity contribution in [3.8, 4) is 11.3 Å². The number of rotatable bonds is 8. The monoisotopic (exact) mass is 495 g/mol. The summed E-state index contributed by atoms with van der Waals surface area (Å²) in [6.07, 6.45) is 3.02. The Morgan fingerprint density at radius 2 is 1.78 bits per heavy atom. The highest BCUT2D eigenvalue weighted by molar-refractivity contribution is 6.08. The van der Waals surface area contributed by atoms with Gasteiger partial charge in [-0.15, -0.1) is 0 Å². The first-order valence-electron chi connectivity index (χ1n) is 11.9. The average molecular weight is 496 g/mol. The average Bonchev–Trinajstić information content (AvgIpc) is 2.89. The lowest BCUT2D eigenvalue weighted by atomic mass is 9.98. The SMILES string of the molecule is CN/C=C(\C=N)c1ccc(-c2oc3c([C@@H](C)Nc4ccccc4C(=O)O)cc(C)cc3c(=O)c2C)cc1. The number of benzene rings is 3. The molecule has 7 heteroatoms. The van der Waals surface area contributed by atoms with Gasteiger partial charge in [-0.3, -0.25) is 4.79 Å².